The molecule has 3 aromatic carbocycles. The Hall–Kier alpha value is -4.28. The number of fused-ring (bicyclic) bond motifs is 1. The van der Waals surface area contributed by atoms with E-state index >= 15 is 0 Å². The van der Waals surface area contributed by atoms with E-state index in [0.29, 0.717) is 34.0 Å². The summed E-state index contributed by atoms with van der Waals surface area (Å²) in [4.78, 5) is 43.1. The lowest BCUT2D eigenvalue weighted by Gasteiger charge is -2.22. The minimum atomic E-state index is -1.07. The predicted molar refractivity (Wildman–Crippen MR) is 140 cm³/mol. The first kappa shape index (κ1) is 24.4. The second-order valence-corrected chi connectivity index (χ2v) is 9.53. The molecule has 1 atom stereocenters. The Balaban J connectivity index is 1.69. The number of hydrogen-bond acceptors (Lipinski definition) is 8. The van der Waals surface area contributed by atoms with Crippen LogP contribution in [0.5, 0.6) is 5.75 Å². The quantitative estimate of drug-likeness (QED) is 0.107. The summed E-state index contributed by atoms with van der Waals surface area (Å²) in [5.41, 5.74) is 0.984. The standard InChI is InChI=1S/C26H18ClN3O6S/c1-2-36-18-11-12-19-20(13-18)37-26(28-19)29-22(14-5-9-17(10-6-14)30(34)35)21(24(32)25(29)33)23(31)15-3-7-16(27)8-4-15/h3-13,22,31H,2H2,1H3/b23-21+. The number of amides is 1. The number of thiazole rings is 1. The van der Waals surface area contributed by atoms with Crippen LogP contribution in [-0.4, -0.2) is 33.3 Å². The third-order valence-corrected chi connectivity index (χ3v) is 7.12. The van der Waals surface area contributed by atoms with E-state index < -0.39 is 22.7 Å². The number of ketones is 1. The number of aromatic nitrogens is 1. The number of aliphatic hydroxyl groups is 1. The van der Waals surface area contributed by atoms with Gasteiger partial charge < -0.3 is 9.84 Å². The average Bonchev–Trinajstić information content (AvgIpc) is 3.42. The second-order valence-electron chi connectivity index (χ2n) is 8.08. The maximum atomic E-state index is 13.4. The topological polar surface area (TPSA) is 123 Å². The molecule has 0 bridgehead atoms. The van der Waals surface area contributed by atoms with E-state index in [1.54, 1.807) is 30.3 Å². The maximum absolute atomic E-state index is 13.4. The van der Waals surface area contributed by atoms with Crippen LogP contribution in [0.4, 0.5) is 10.8 Å². The van der Waals surface area contributed by atoms with E-state index in [1.807, 2.05) is 6.92 Å². The van der Waals surface area contributed by atoms with Gasteiger partial charge in [0.1, 0.15) is 11.5 Å². The number of benzene rings is 3. The minimum absolute atomic E-state index is 0.151. The number of nitro benzene ring substituents is 1. The number of carbonyl (C=O) groups is 2. The molecule has 1 aromatic heterocycles. The van der Waals surface area contributed by atoms with Gasteiger partial charge in [-0.05, 0) is 67.1 Å². The van der Waals surface area contributed by atoms with E-state index in [4.69, 9.17) is 16.3 Å². The van der Waals surface area contributed by atoms with Crippen molar-refractivity contribution in [3.05, 3.63) is 98.6 Å². The first-order valence-electron chi connectivity index (χ1n) is 11.1. The van der Waals surface area contributed by atoms with Gasteiger partial charge in [-0.3, -0.25) is 24.6 Å². The van der Waals surface area contributed by atoms with Crippen LogP contribution in [0.25, 0.3) is 16.0 Å². The van der Waals surface area contributed by atoms with Crippen LogP contribution in [0.15, 0.2) is 72.3 Å². The number of hydrogen-bond donors (Lipinski definition) is 1. The lowest BCUT2D eigenvalue weighted by atomic mass is 9.95. The Morgan fingerprint density at radius 2 is 1.84 bits per heavy atom. The van der Waals surface area contributed by atoms with Crippen LogP contribution < -0.4 is 9.64 Å². The smallest absolute Gasteiger partial charge is 0.301 e. The molecular formula is C26H18ClN3O6S. The van der Waals surface area contributed by atoms with Crippen LogP contribution in [0.1, 0.15) is 24.1 Å². The van der Waals surface area contributed by atoms with Gasteiger partial charge in [0.25, 0.3) is 11.5 Å². The number of halogens is 1. The Labute approximate surface area is 219 Å². The molecule has 5 rings (SSSR count). The summed E-state index contributed by atoms with van der Waals surface area (Å²) in [6.07, 6.45) is 0. The normalized spacial score (nSPS) is 16.9. The number of nitrogens with zero attached hydrogens (tertiary/aromatic N) is 3. The van der Waals surface area contributed by atoms with Gasteiger partial charge in [-0.1, -0.05) is 22.9 Å². The number of carbonyl (C=O) groups excluding carboxylic acids is 2. The molecular weight excluding hydrogens is 518 g/mol. The maximum Gasteiger partial charge on any atom is 0.301 e. The van der Waals surface area contributed by atoms with Crippen LogP contribution in [-0.2, 0) is 9.59 Å². The first-order valence-corrected chi connectivity index (χ1v) is 12.3. The van der Waals surface area contributed by atoms with E-state index in [2.05, 4.69) is 4.98 Å². The highest BCUT2D eigenvalue weighted by molar-refractivity contribution is 7.22. The molecule has 11 heteroatoms. The number of anilines is 1. The summed E-state index contributed by atoms with van der Waals surface area (Å²) < 4.78 is 6.29. The summed E-state index contributed by atoms with van der Waals surface area (Å²) >= 11 is 7.16. The monoisotopic (exact) mass is 535 g/mol. The van der Waals surface area contributed by atoms with Crippen molar-refractivity contribution < 1.29 is 24.4 Å². The van der Waals surface area contributed by atoms with Gasteiger partial charge in [0.05, 0.1) is 33.4 Å². The Morgan fingerprint density at radius 1 is 1.14 bits per heavy atom. The Bertz CT molecular complexity index is 1580. The molecule has 2 heterocycles. The summed E-state index contributed by atoms with van der Waals surface area (Å²) in [5.74, 6) is -1.52. The molecule has 1 amide bonds. The second kappa shape index (κ2) is 9.64. The van der Waals surface area contributed by atoms with Gasteiger partial charge >= 0.3 is 5.91 Å². The van der Waals surface area contributed by atoms with Crippen molar-refractivity contribution in [3.63, 3.8) is 0 Å². The lowest BCUT2D eigenvalue weighted by Crippen LogP contribution is -2.29. The van der Waals surface area contributed by atoms with Crippen LogP contribution >= 0.6 is 22.9 Å². The first-order chi connectivity index (χ1) is 17.8. The SMILES string of the molecule is CCOc1ccc2nc(N3C(=O)C(=O)/C(=C(/O)c4ccc(Cl)cc4)C3c3ccc([N+](=O)[O-])cc3)sc2c1. The van der Waals surface area contributed by atoms with Gasteiger partial charge in [0, 0.05) is 22.7 Å². The highest BCUT2D eigenvalue weighted by atomic mass is 35.5. The van der Waals surface area contributed by atoms with Crippen molar-refractivity contribution in [2.24, 2.45) is 0 Å². The minimum Gasteiger partial charge on any atom is -0.507 e. The fourth-order valence-electron chi connectivity index (χ4n) is 4.14. The van der Waals surface area contributed by atoms with Gasteiger partial charge in [-0.25, -0.2) is 4.98 Å². The van der Waals surface area contributed by atoms with Gasteiger partial charge in [-0.15, -0.1) is 0 Å². The highest BCUT2D eigenvalue weighted by Gasteiger charge is 2.48. The summed E-state index contributed by atoms with van der Waals surface area (Å²) in [7, 11) is 0. The molecule has 0 aliphatic carbocycles. The highest BCUT2D eigenvalue weighted by Crippen LogP contribution is 2.45. The molecule has 1 saturated heterocycles. The zero-order valence-corrected chi connectivity index (χ0v) is 20.8. The van der Waals surface area contributed by atoms with E-state index in [0.717, 1.165) is 4.70 Å². The molecule has 1 unspecified atom stereocenters. The fourth-order valence-corrected chi connectivity index (χ4v) is 5.29. The number of ether oxygens (including phenoxy) is 1. The summed E-state index contributed by atoms with van der Waals surface area (Å²) in [5, 5.41) is 23.0. The molecule has 1 N–H and O–H groups in total. The third kappa shape index (κ3) is 4.41. The van der Waals surface area contributed by atoms with Crippen molar-refractivity contribution in [2.75, 3.05) is 11.5 Å². The van der Waals surface area contributed by atoms with Gasteiger partial charge in [-0.2, -0.15) is 0 Å². The Morgan fingerprint density at radius 3 is 2.49 bits per heavy atom. The van der Waals surface area contributed by atoms with Crippen molar-refractivity contribution >= 4 is 61.4 Å². The van der Waals surface area contributed by atoms with Crippen LogP contribution in [0.3, 0.4) is 0 Å². The number of aliphatic hydroxyl groups excluding tert-OH is 1. The van der Waals surface area contributed by atoms with Crippen molar-refractivity contribution in [3.8, 4) is 5.75 Å². The third-order valence-electron chi connectivity index (χ3n) is 5.85. The van der Waals surface area contributed by atoms with E-state index in [-0.39, 0.29) is 22.2 Å². The molecule has 1 aliphatic rings. The van der Waals surface area contributed by atoms with E-state index in [1.165, 1.54) is 52.6 Å². The predicted octanol–water partition coefficient (Wildman–Crippen LogP) is 5.88. The average molecular weight is 536 g/mol. The largest absolute Gasteiger partial charge is 0.507 e. The molecule has 186 valence electrons. The van der Waals surface area contributed by atoms with Crippen molar-refractivity contribution in [1.82, 2.24) is 4.98 Å². The van der Waals surface area contributed by atoms with Crippen LogP contribution in [0, 0.1) is 10.1 Å². The fraction of sp³-hybridized carbons (Fsp3) is 0.115. The molecule has 0 saturated carbocycles. The van der Waals surface area contributed by atoms with Crippen molar-refractivity contribution in [2.45, 2.75) is 13.0 Å². The molecule has 1 fully saturated rings. The molecule has 0 radical (unpaired) electrons. The number of nitro groups is 1. The van der Waals surface area contributed by atoms with Crippen molar-refractivity contribution in [1.29, 1.82) is 0 Å². The van der Waals surface area contributed by atoms with E-state index in [9.17, 15) is 24.8 Å². The summed E-state index contributed by atoms with van der Waals surface area (Å²) in [6.45, 7) is 2.35. The van der Waals surface area contributed by atoms with Gasteiger partial charge in [0.15, 0.2) is 5.13 Å². The number of Topliss-reactive ketones (excluding diaryl/α,β-unsaturated/α-hetero) is 1. The number of non-ortho nitro benzene ring substituents is 1. The molecule has 1 aliphatic heterocycles. The lowest BCUT2D eigenvalue weighted by molar-refractivity contribution is -0.384. The molecule has 9 nitrogen and oxygen atoms in total. The zero-order chi connectivity index (χ0) is 26.3. The molecule has 37 heavy (non-hydrogen) atoms. The number of rotatable bonds is 6. The molecule has 4 aromatic rings. The Kier molecular flexibility index (Phi) is 6.36. The molecule has 0 spiro atoms. The van der Waals surface area contributed by atoms with Crippen LogP contribution in [0.2, 0.25) is 5.02 Å². The zero-order valence-electron chi connectivity index (χ0n) is 19.3. The summed E-state index contributed by atoms with van der Waals surface area (Å²) in [6, 6.07) is 15.9. The van der Waals surface area contributed by atoms with Gasteiger partial charge in [0.2, 0.25) is 0 Å².